The van der Waals surface area contributed by atoms with Crippen molar-refractivity contribution < 1.29 is 27.6 Å². The summed E-state index contributed by atoms with van der Waals surface area (Å²) < 4.78 is 42.8. The number of pyridine rings is 1. The summed E-state index contributed by atoms with van der Waals surface area (Å²) in [6, 6.07) is 12.8. The molecule has 4 heterocycles. The Morgan fingerprint density at radius 2 is 1.82 bits per heavy atom. The molecular formula is C27H20F3N5O3. The van der Waals surface area contributed by atoms with Crippen LogP contribution in [0.25, 0.3) is 33.4 Å². The number of piperidine rings is 1. The Balaban J connectivity index is 1.44. The van der Waals surface area contributed by atoms with Crippen LogP contribution in [-0.2, 0) is 29.4 Å². The number of nitrogens with zero attached hydrogens (tertiary/aromatic N) is 4. The molecular weight excluding hydrogens is 499 g/mol. The van der Waals surface area contributed by atoms with Crippen LogP contribution in [0.2, 0.25) is 0 Å². The molecule has 2 aromatic heterocycles. The van der Waals surface area contributed by atoms with Crippen LogP contribution in [0, 0.1) is 0 Å². The summed E-state index contributed by atoms with van der Waals surface area (Å²) in [5, 5.41) is 3.03. The third-order valence-corrected chi connectivity index (χ3v) is 7.02. The molecule has 0 bridgehead atoms. The Morgan fingerprint density at radius 1 is 1.03 bits per heavy atom. The normalized spacial score (nSPS) is 17.7. The lowest BCUT2D eigenvalue weighted by molar-refractivity contribution is -0.146. The molecule has 4 aromatic rings. The smallest absolute Gasteiger partial charge is 0.323 e. The molecule has 11 heteroatoms. The van der Waals surface area contributed by atoms with Crippen molar-refractivity contribution in [3.63, 3.8) is 0 Å². The second-order valence-electron chi connectivity index (χ2n) is 9.37. The minimum atomic E-state index is -4.69. The van der Waals surface area contributed by atoms with Crippen molar-refractivity contribution in [3.8, 4) is 22.5 Å². The van der Waals surface area contributed by atoms with Crippen LogP contribution in [0.1, 0.15) is 34.6 Å². The number of imidazole rings is 1. The highest BCUT2D eigenvalue weighted by Crippen LogP contribution is 2.40. The van der Waals surface area contributed by atoms with Gasteiger partial charge in [-0.15, -0.1) is 0 Å². The van der Waals surface area contributed by atoms with Gasteiger partial charge < -0.3 is 9.47 Å². The number of carbonyl (C=O) groups is 3. The second kappa shape index (κ2) is 8.51. The number of imide groups is 1. The quantitative estimate of drug-likeness (QED) is 0.412. The molecule has 1 atom stereocenters. The Kier molecular flexibility index (Phi) is 5.33. The minimum Gasteiger partial charge on any atom is -0.323 e. The zero-order valence-electron chi connectivity index (χ0n) is 20.0. The predicted octanol–water partition coefficient (Wildman–Crippen LogP) is 4.08. The molecule has 1 N–H and O–H groups in total. The van der Waals surface area contributed by atoms with E-state index in [1.165, 1.54) is 11.9 Å². The van der Waals surface area contributed by atoms with Gasteiger partial charge in [0.05, 0.1) is 16.9 Å². The number of nitrogens with one attached hydrogen (secondary N) is 1. The molecule has 2 aliphatic rings. The SMILES string of the molecule is Cn1c(C(F)(F)F)nc(-c2ccc3c(c2)CN(C2CCC(=O)NC2=O)C3=O)c1-c1ccc2ncccc2c1. The molecule has 3 amide bonds. The zero-order valence-corrected chi connectivity index (χ0v) is 20.0. The van der Waals surface area contributed by atoms with Gasteiger partial charge in [0, 0.05) is 48.3 Å². The van der Waals surface area contributed by atoms with Crippen molar-refractivity contribution in [2.24, 2.45) is 7.05 Å². The van der Waals surface area contributed by atoms with Crippen LogP contribution < -0.4 is 5.32 Å². The number of alkyl halides is 3. The fourth-order valence-corrected chi connectivity index (χ4v) is 5.23. The van der Waals surface area contributed by atoms with Crippen LogP contribution in [0.5, 0.6) is 0 Å². The molecule has 2 aromatic carbocycles. The van der Waals surface area contributed by atoms with Gasteiger partial charge in [0.1, 0.15) is 6.04 Å². The number of hydrogen-bond donors (Lipinski definition) is 1. The average Bonchev–Trinajstić information content (AvgIpc) is 3.40. The van der Waals surface area contributed by atoms with Gasteiger partial charge in [0.15, 0.2) is 0 Å². The van der Waals surface area contributed by atoms with Crippen molar-refractivity contribution in [1.82, 2.24) is 24.8 Å². The number of halogens is 3. The number of amides is 3. The average molecular weight is 519 g/mol. The van der Waals surface area contributed by atoms with E-state index in [9.17, 15) is 27.6 Å². The van der Waals surface area contributed by atoms with Crippen LogP contribution in [0.3, 0.4) is 0 Å². The standard InChI is InChI=1S/C27H20F3N5O3/c1-34-23(16-5-7-19-14(11-16)3-2-10-31-19)22(33-26(34)27(28,29)30)15-4-6-18-17(12-15)13-35(25(18)38)20-8-9-21(36)32-24(20)37/h2-7,10-12,20H,8-9,13H2,1H3,(H,32,36,37). The van der Waals surface area contributed by atoms with Crippen LogP contribution in [0.4, 0.5) is 13.2 Å². The van der Waals surface area contributed by atoms with Crippen LogP contribution in [0.15, 0.2) is 54.7 Å². The highest BCUT2D eigenvalue weighted by Gasteiger charge is 2.40. The topological polar surface area (TPSA) is 97.2 Å². The maximum absolute atomic E-state index is 13.9. The predicted molar refractivity (Wildman–Crippen MR) is 130 cm³/mol. The van der Waals surface area contributed by atoms with Gasteiger partial charge in [-0.25, -0.2) is 4.98 Å². The summed E-state index contributed by atoms with van der Waals surface area (Å²) in [4.78, 5) is 46.6. The fraction of sp³-hybridized carbons (Fsp3) is 0.222. The molecule has 1 saturated heterocycles. The van der Waals surface area contributed by atoms with Gasteiger partial charge in [-0.2, -0.15) is 13.2 Å². The van der Waals surface area contributed by atoms with E-state index in [0.717, 1.165) is 9.95 Å². The summed E-state index contributed by atoms with van der Waals surface area (Å²) in [6.07, 6.45) is -2.70. The highest BCUT2D eigenvalue weighted by atomic mass is 19.4. The van der Waals surface area contributed by atoms with Crippen molar-refractivity contribution in [3.05, 3.63) is 71.7 Å². The summed E-state index contributed by atoms with van der Waals surface area (Å²) in [7, 11) is 1.32. The van der Waals surface area contributed by atoms with E-state index in [1.54, 1.807) is 48.7 Å². The molecule has 1 fully saturated rings. The van der Waals surface area contributed by atoms with E-state index in [-0.39, 0.29) is 42.6 Å². The summed E-state index contributed by atoms with van der Waals surface area (Å²) in [6.45, 7) is 0.101. The first kappa shape index (κ1) is 23.8. The van der Waals surface area contributed by atoms with E-state index in [4.69, 9.17) is 0 Å². The lowest BCUT2D eigenvalue weighted by Crippen LogP contribution is -2.52. The summed E-state index contributed by atoms with van der Waals surface area (Å²) in [5.74, 6) is -2.32. The van der Waals surface area contributed by atoms with E-state index in [0.29, 0.717) is 27.8 Å². The fourth-order valence-electron chi connectivity index (χ4n) is 5.23. The summed E-state index contributed by atoms with van der Waals surface area (Å²) in [5.41, 5.74) is 2.99. The Hall–Kier alpha value is -4.54. The number of aromatic nitrogens is 3. The maximum Gasteiger partial charge on any atom is 0.449 e. The third kappa shape index (κ3) is 3.82. The van der Waals surface area contributed by atoms with Crippen LogP contribution in [-0.4, -0.2) is 43.2 Å². The molecule has 8 nitrogen and oxygen atoms in total. The third-order valence-electron chi connectivity index (χ3n) is 7.02. The summed E-state index contributed by atoms with van der Waals surface area (Å²) >= 11 is 0. The molecule has 2 aliphatic heterocycles. The van der Waals surface area contributed by atoms with Crippen molar-refractivity contribution >= 4 is 28.6 Å². The molecule has 38 heavy (non-hydrogen) atoms. The zero-order chi connectivity index (χ0) is 26.8. The van der Waals surface area contributed by atoms with Gasteiger partial charge in [0.25, 0.3) is 5.91 Å². The monoisotopic (exact) mass is 519 g/mol. The first-order valence-electron chi connectivity index (χ1n) is 11.9. The first-order valence-corrected chi connectivity index (χ1v) is 11.9. The molecule has 6 rings (SSSR count). The van der Waals surface area contributed by atoms with Gasteiger partial charge >= 0.3 is 6.18 Å². The Bertz CT molecular complexity index is 1660. The minimum absolute atomic E-state index is 0.101. The van der Waals surface area contributed by atoms with Crippen LogP contribution >= 0.6 is 0 Å². The van der Waals surface area contributed by atoms with Gasteiger partial charge in [-0.3, -0.25) is 24.7 Å². The largest absolute Gasteiger partial charge is 0.449 e. The first-order chi connectivity index (χ1) is 18.1. The van der Waals surface area contributed by atoms with Crippen molar-refractivity contribution in [2.45, 2.75) is 31.6 Å². The molecule has 1 unspecified atom stereocenters. The molecule has 0 spiro atoms. The van der Waals surface area contributed by atoms with Gasteiger partial charge in [0.2, 0.25) is 17.6 Å². The molecule has 0 saturated carbocycles. The lowest BCUT2D eigenvalue weighted by Gasteiger charge is -2.29. The van der Waals surface area contributed by atoms with Crippen molar-refractivity contribution in [2.75, 3.05) is 0 Å². The van der Waals surface area contributed by atoms with E-state index in [1.807, 2.05) is 6.07 Å². The van der Waals surface area contributed by atoms with Crippen molar-refractivity contribution in [1.29, 1.82) is 0 Å². The number of hydrogen-bond acceptors (Lipinski definition) is 5. The highest BCUT2D eigenvalue weighted by molar-refractivity contribution is 6.05. The lowest BCUT2D eigenvalue weighted by atomic mass is 10.00. The number of fused-ring (bicyclic) bond motifs is 2. The van der Waals surface area contributed by atoms with E-state index in [2.05, 4.69) is 15.3 Å². The Labute approximate surface area is 214 Å². The Morgan fingerprint density at radius 3 is 2.58 bits per heavy atom. The number of carbonyl (C=O) groups excluding carboxylic acids is 3. The number of benzene rings is 2. The molecule has 192 valence electrons. The second-order valence-corrected chi connectivity index (χ2v) is 9.37. The van der Waals surface area contributed by atoms with E-state index < -0.39 is 23.9 Å². The maximum atomic E-state index is 13.9. The number of rotatable bonds is 3. The molecule has 0 radical (unpaired) electrons. The van der Waals surface area contributed by atoms with E-state index >= 15 is 0 Å². The van der Waals surface area contributed by atoms with Gasteiger partial charge in [-0.05, 0) is 42.3 Å². The van der Waals surface area contributed by atoms with Gasteiger partial charge in [-0.1, -0.05) is 18.2 Å². The molecule has 0 aliphatic carbocycles.